The molecule has 0 spiro atoms. The summed E-state index contributed by atoms with van der Waals surface area (Å²) in [6.45, 7) is -2.89. The Bertz CT molecular complexity index is 874. The van der Waals surface area contributed by atoms with Gasteiger partial charge in [0, 0.05) is 30.8 Å². The topological polar surface area (TPSA) is 62.1 Å². The van der Waals surface area contributed by atoms with Crippen molar-refractivity contribution >= 4 is 11.8 Å². The number of hydrogen-bond acceptors (Lipinski definition) is 6. The van der Waals surface area contributed by atoms with Gasteiger partial charge in [-0.1, -0.05) is 17.8 Å². The Balaban J connectivity index is 1.72. The number of methoxy groups -OCH3 is 1. The molecule has 0 unspecified atom stereocenters. The van der Waals surface area contributed by atoms with Crippen molar-refractivity contribution in [1.82, 2.24) is 19.7 Å². The van der Waals surface area contributed by atoms with Gasteiger partial charge in [0.25, 0.3) is 0 Å². The molecule has 0 aliphatic rings. The minimum atomic E-state index is -2.89. The summed E-state index contributed by atoms with van der Waals surface area (Å²) in [5, 5.41) is 9.16. The molecule has 136 valence electrons. The number of rotatable bonds is 7. The number of halogens is 2. The lowest BCUT2D eigenvalue weighted by molar-refractivity contribution is -0.0512. The van der Waals surface area contributed by atoms with Gasteiger partial charge in [-0.05, 0) is 29.8 Å². The van der Waals surface area contributed by atoms with E-state index in [-0.39, 0.29) is 11.5 Å². The Morgan fingerprint density at radius 3 is 2.58 bits per heavy atom. The number of pyridine rings is 1. The standard InChI is InChI=1S/C17H16F2N4O2S/c1-23-15(12-5-7-20-8-6-12)21-22-17(23)26-10-11-3-4-13(25-16(18)19)14(9-11)24-2/h3-9,16H,10H2,1-2H3. The van der Waals surface area contributed by atoms with Gasteiger partial charge in [0.05, 0.1) is 7.11 Å². The van der Waals surface area contributed by atoms with Crippen molar-refractivity contribution in [3.8, 4) is 22.9 Å². The fourth-order valence-corrected chi connectivity index (χ4v) is 3.19. The number of alkyl halides is 2. The molecule has 0 amide bonds. The molecular formula is C17H16F2N4O2S. The van der Waals surface area contributed by atoms with E-state index in [1.807, 2.05) is 23.7 Å². The maximum atomic E-state index is 12.4. The van der Waals surface area contributed by atoms with Crippen molar-refractivity contribution in [3.63, 3.8) is 0 Å². The first-order valence-corrected chi connectivity index (χ1v) is 8.61. The zero-order chi connectivity index (χ0) is 18.5. The Morgan fingerprint density at radius 2 is 1.88 bits per heavy atom. The molecule has 2 heterocycles. The molecule has 0 bridgehead atoms. The van der Waals surface area contributed by atoms with Crippen molar-refractivity contribution in [2.24, 2.45) is 7.05 Å². The summed E-state index contributed by atoms with van der Waals surface area (Å²) in [6.07, 6.45) is 3.40. The zero-order valence-corrected chi connectivity index (χ0v) is 14.9. The van der Waals surface area contributed by atoms with Crippen molar-refractivity contribution in [3.05, 3.63) is 48.3 Å². The predicted molar refractivity (Wildman–Crippen MR) is 93.4 cm³/mol. The quantitative estimate of drug-likeness (QED) is 0.583. The van der Waals surface area contributed by atoms with E-state index in [2.05, 4.69) is 19.9 Å². The molecule has 6 nitrogen and oxygen atoms in total. The van der Waals surface area contributed by atoms with Crippen LogP contribution in [0.25, 0.3) is 11.4 Å². The van der Waals surface area contributed by atoms with E-state index in [4.69, 9.17) is 4.74 Å². The van der Waals surface area contributed by atoms with Crippen LogP contribution in [0.5, 0.6) is 11.5 Å². The van der Waals surface area contributed by atoms with E-state index >= 15 is 0 Å². The maximum absolute atomic E-state index is 12.4. The van der Waals surface area contributed by atoms with Crippen LogP contribution in [-0.2, 0) is 12.8 Å². The molecule has 0 aliphatic carbocycles. The van der Waals surface area contributed by atoms with Gasteiger partial charge in [0.1, 0.15) is 0 Å². The van der Waals surface area contributed by atoms with E-state index in [9.17, 15) is 8.78 Å². The highest BCUT2D eigenvalue weighted by molar-refractivity contribution is 7.98. The van der Waals surface area contributed by atoms with Crippen LogP contribution in [0.2, 0.25) is 0 Å². The first-order chi connectivity index (χ1) is 12.6. The summed E-state index contributed by atoms with van der Waals surface area (Å²) in [7, 11) is 3.30. The van der Waals surface area contributed by atoms with E-state index in [1.165, 1.54) is 24.9 Å². The summed E-state index contributed by atoms with van der Waals surface area (Å²) < 4.78 is 36.2. The SMILES string of the molecule is COc1cc(CSc2nnc(-c3ccncc3)n2C)ccc1OC(F)F. The summed E-state index contributed by atoms with van der Waals surface area (Å²) in [5.74, 6) is 1.59. The van der Waals surface area contributed by atoms with E-state index in [0.29, 0.717) is 5.75 Å². The van der Waals surface area contributed by atoms with Crippen LogP contribution in [0.3, 0.4) is 0 Å². The summed E-state index contributed by atoms with van der Waals surface area (Å²) >= 11 is 1.48. The number of aromatic nitrogens is 4. The lowest BCUT2D eigenvalue weighted by Gasteiger charge is -2.11. The predicted octanol–water partition coefficient (Wildman–Crippen LogP) is 3.78. The van der Waals surface area contributed by atoms with Gasteiger partial charge in [-0.15, -0.1) is 10.2 Å². The second-order valence-corrected chi connectivity index (χ2v) is 6.20. The first kappa shape index (κ1) is 18.1. The Morgan fingerprint density at radius 1 is 1.12 bits per heavy atom. The second-order valence-electron chi connectivity index (χ2n) is 5.25. The number of nitrogens with zero attached hydrogens (tertiary/aromatic N) is 4. The monoisotopic (exact) mass is 378 g/mol. The molecule has 3 rings (SSSR count). The number of ether oxygens (including phenoxy) is 2. The zero-order valence-electron chi connectivity index (χ0n) is 14.1. The number of hydrogen-bond donors (Lipinski definition) is 0. The smallest absolute Gasteiger partial charge is 0.387 e. The summed E-state index contributed by atoms with van der Waals surface area (Å²) in [6, 6.07) is 8.59. The molecule has 3 aromatic rings. The van der Waals surface area contributed by atoms with Crippen molar-refractivity contribution < 1.29 is 18.3 Å². The minimum Gasteiger partial charge on any atom is -0.493 e. The highest BCUT2D eigenvalue weighted by Gasteiger charge is 2.13. The molecule has 0 N–H and O–H groups in total. The third-order valence-corrected chi connectivity index (χ3v) is 4.68. The molecule has 1 aromatic carbocycles. The Hall–Kier alpha value is -2.68. The van der Waals surface area contributed by atoms with Crippen molar-refractivity contribution in [1.29, 1.82) is 0 Å². The molecule has 2 aromatic heterocycles. The fraction of sp³-hybridized carbons (Fsp3) is 0.235. The molecule has 0 fully saturated rings. The molecule has 0 saturated heterocycles. The Labute approximate surface area is 153 Å². The highest BCUT2D eigenvalue weighted by Crippen LogP contribution is 2.32. The molecular weight excluding hydrogens is 362 g/mol. The number of benzene rings is 1. The van der Waals surface area contributed by atoms with Crippen LogP contribution in [0.4, 0.5) is 8.78 Å². The maximum Gasteiger partial charge on any atom is 0.387 e. The molecule has 0 atom stereocenters. The lowest BCUT2D eigenvalue weighted by Crippen LogP contribution is -2.03. The first-order valence-electron chi connectivity index (χ1n) is 7.63. The number of thioether (sulfide) groups is 1. The third kappa shape index (κ3) is 4.10. The lowest BCUT2D eigenvalue weighted by atomic mass is 10.2. The molecule has 0 aliphatic heterocycles. The summed E-state index contributed by atoms with van der Waals surface area (Å²) in [5.41, 5.74) is 1.82. The van der Waals surface area contributed by atoms with E-state index < -0.39 is 6.61 Å². The Kier molecular flexibility index (Phi) is 5.67. The third-order valence-electron chi connectivity index (χ3n) is 3.59. The van der Waals surface area contributed by atoms with Gasteiger partial charge < -0.3 is 14.0 Å². The van der Waals surface area contributed by atoms with Crippen LogP contribution in [-0.4, -0.2) is 33.5 Å². The van der Waals surface area contributed by atoms with Gasteiger partial charge in [-0.2, -0.15) is 8.78 Å². The molecule has 0 radical (unpaired) electrons. The van der Waals surface area contributed by atoms with Gasteiger partial charge in [-0.25, -0.2) is 0 Å². The minimum absolute atomic E-state index is 0.00915. The normalized spacial score (nSPS) is 11.0. The summed E-state index contributed by atoms with van der Waals surface area (Å²) in [4.78, 5) is 3.99. The van der Waals surface area contributed by atoms with E-state index in [0.717, 1.165) is 22.1 Å². The average molecular weight is 378 g/mol. The van der Waals surface area contributed by atoms with Gasteiger partial charge in [0.2, 0.25) is 0 Å². The van der Waals surface area contributed by atoms with Crippen LogP contribution >= 0.6 is 11.8 Å². The molecule has 0 saturated carbocycles. The van der Waals surface area contributed by atoms with Gasteiger partial charge in [0.15, 0.2) is 22.5 Å². The van der Waals surface area contributed by atoms with Crippen molar-refractivity contribution in [2.45, 2.75) is 17.5 Å². The van der Waals surface area contributed by atoms with Crippen LogP contribution in [0.15, 0.2) is 47.9 Å². The fourth-order valence-electron chi connectivity index (χ4n) is 2.34. The highest BCUT2D eigenvalue weighted by atomic mass is 32.2. The average Bonchev–Trinajstić information content (AvgIpc) is 3.01. The van der Waals surface area contributed by atoms with Crippen LogP contribution in [0.1, 0.15) is 5.56 Å². The molecule has 9 heteroatoms. The second kappa shape index (κ2) is 8.13. The van der Waals surface area contributed by atoms with Gasteiger partial charge in [-0.3, -0.25) is 4.98 Å². The largest absolute Gasteiger partial charge is 0.493 e. The van der Waals surface area contributed by atoms with Crippen LogP contribution < -0.4 is 9.47 Å². The molecule has 26 heavy (non-hydrogen) atoms. The van der Waals surface area contributed by atoms with Gasteiger partial charge >= 0.3 is 6.61 Å². The van der Waals surface area contributed by atoms with Crippen molar-refractivity contribution in [2.75, 3.05) is 7.11 Å². The van der Waals surface area contributed by atoms with E-state index in [1.54, 1.807) is 24.5 Å². The van der Waals surface area contributed by atoms with Crippen LogP contribution in [0, 0.1) is 0 Å².